The molecule has 0 unspecified atom stereocenters. The lowest BCUT2D eigenvalue weighted by Gasteiger charge is -2.39. The number of aliphatic carboxylic acids is 1. The van der Waals surface area contributed by atoms with E-state index >= 15 is 0 Å². The van der Waals surface area contributed by atoms with E-state index < -0.39 is 23.7 Å². The zero-order chi connectivity index (χ0) is 17.9. The zero-order valence-corrected chi connectivity index (χ0v) is 14.6. The summed E-state index contributed by atoms with van der Waals surface area (Å²) in [6.45, 7) is 5.69. The monoisotopic (exact) mass is 335 g/mol. The molecule has 1 saturated heterocycles. The Labute approximate surface area is 142 Å². The van der Waals surface area contributed by atoms with Crippen molar-refractivity contribution in [3.63, 3.8) is 0 Å². The highest BCUT2D eigenvalue weighted by Gasteiger charge is 2.41. The number of rotatable bonds is 3. The Balaban J connectivity index is 2.31. The molecule has 6 nitrogen and oxygen atoms in total. The van der Waals surface area contributed by atoms with Crippen LogP contribution in [0.3, 0.4) is 0 Å². The number of piperidine rings is 1. The van der Waals surface area contributed by atoms with E-state index in [9.17, 15) is 14.7 Å². The van der Waals surface area contributed by atoms with E-state index in [0.717, 1.165) is 12.0 Å². The van der Waals surface area contributed by atoms with Crippen LogP contribution in [0.2, 0.25) is 0 Å². The van der Waals surface area contributed by atoms with Gasteiger partial charge in [-0.15, -0.1) is 0 Å². The van der Waals surface area contributed by atoms with Gasteiger partial charge >= 0.3 is 12.1 Å². The molecule has 1 aromatic carbocycles. The van der Waals surface area contributed by atoms with Crippen LogP contribution in [-0.4, -0.2) is 47.4 Å². The Morgan fingerprint density at radius 3 is 2.58 bits per heavy atom. The van der Waals surface area contributed by atoms with E-state index in [0.29, 0.717) is 18.7 Å². The van der Waals surface area contributed by atoms with Gasteiger partial charge < -0.3 is 14.6 Å². The summed E-state index contributed by atoms with van der Waals surface area (Å²) in [5.41, 5.74) is 0.193. The number of nitrogens with zero attached hydrogens (tertiary/aromatic N) is 1. The second-order valence-corrected chi connectivity index (χ2v) is 6.98. The molecule has 1 N–H and O–H groups in total. The van der Waals surface area contributed by atoms with Crippen molar-refractivity contribution >= 4 is 12.1 Å². The third-order valence-corrected chi connectivity index (χ3v) is 4.03. The molecule has 1 amide bonds. The first-order chi connectivity index (χ1) is 11.2. The van der Waals surface area contributed by atoms with Crippen LogP contribution >= 0.6 is 0 Å². The smallest absolute Gasteiger partial charge is 0.411 e. The molecular formula is C18H25NO5. The van der Waals surface area contributed by atoms with Crippen molar-refractivity contribution < 1.29 is 24.2 Å². The molecule has 1 fully saturated rings. The summed E-state index contributed by atoms with van der Waals surface area (Å²) >= 11 is 0. The summed E-state index contributed by atoms with van der Waals surface area (Å²) < 4.78 is 10.6. The molecule has 0 bridgehead atoms. The molecule has 1 heterocycles. The van der Waals surface area contributed by atoms with Crippen LogP contribution in [0.1, 0.15) is 45.1 Å². The van der Waals surface area contributed by atoms with Crippen LogP contribution in [0.25, 0.3) is 0 Å². The summed E-state index contributed by atoms with van der Waals surface area (Å²) in [5, 5.41) is 9.73. The van der Waals surface area contributed by atoms with Gasteiger partial charge in [0.2, 0.25) is 0 Å². The number of benzene rings is 1. The van der Waals surface area contributed by atoms with Gasteiger partial charge in [0, 0.05) is 12.5 Å². The maximum Gasteiger partial charge on any atom is 0.411 e. The van der Waals surface area contributed by atoms with Crippen LogP contribution in [-0.2, 0) is 9.53 Å². The fraction of sp³-hybridized carbons (Fsp3) is 0.556. The average Bonchev–Trinajstić information content (AvgIpc) is 2.52. The molecule has 6 heteroatoms. The molecule has 0 aliphatic carbocycles. The number of hydrogen-bond acceptors (Lipinski definition) is 4. The number of amides is 1. The Morgan fingerprint density at radius 1 is 1.29 bits per heavy atom. The SMILES string of the molecule is COc1cccc([C@H]2CCCN(C(=O)OC(C)(C)C)[C@H]2C(=O)O)c1. The van der Waals surface area contributed by atoms with Crippen molar-refractivity contribution in [2.75, 3.05) is 13.7 Å². The minimum Gasteiger partial charge on any atom is -0.497 e. The van der Waals surface area contributed by atoms with Crippen LogP contribution in [0.5, 0.6) is 5.75 Å². The van der Waals surface area contributed by atoms with Gasteiger partial charge in [-0.3, -0.25) is 4.90 Å². The fourth-order valence-corrected chi connectivity index (χ4v) is 3.05. The van der Waals surface area contributed by atoms with Crippen molar-refractivity contribution in [1.82, 2.24) is 4.90 Å². The topological polar surface area (TPSA) is 76.1 Å². The Bertz CT molecular complexity index is 608. The molecule has 1 aliphatic heterocycles. The summed E-state index contributed by atoms with van der Waals surface area (Å²) in [5.74, 6) is -0.640. The second kappa shape index (κ2) is 7.11. The maximum atomic E-state index is 12.4. The maximum absolute atomic E-state index is 12.4. The lowest BCUT2D eigenvalue weighted by Crippen LogP contribution is -2.53. The van der Waals surface area contributed by atoms with Gasteiger partial charge in [0.15, 0.2) is 0 Å². The van der Waals surface area contributed by atoms with E-state index in [4.69, 9.17) is 9.47 Å². The second-order valence-electron chi connectivity index (χ2n) is 6.98. The van der Waals surface area contributed by atoms with Gasteiger partial charge in [0.1, 0.15) is 17.4 Å². The van der Waals surface area contributed by atoms with Crippen molar-refractivity contribution in [1.29, 1.82) is 0 Å². The summed E-state index contributed by atoms with van der Waals surface area (Å²) in [4.78, 5) is 25.7. The number of carboxylic acid groups (broad SMARTS) is 1. The number of carboxylic acids is 1. The first kappa shape index (κ1) is 18.1. The number of likely N-dealkylation sites (tertiary alicyclic amines) is 1. The van der Waals surface area contributed by atoms with Crippen molar-refractivity contribution in [3.05, 3.63) is 29.8 Å². The Kier molecular flexibility index (Phi) is 5.36. The first-order valence-electron chi connectivity index (χ1n) is 8.09. The Hall–Kier alpha value is -2.24. The first-order valence-corrected chi connectivity index (χ1v) is 8.09. The van der Waals surface area contributed by atoms with Crippen LogP contribution < -0.4 is 4.74 Å². The van der Waals surface area contributed by atoms with E-state index in [1.165, 1.54) is 4.90 Å². The van der Waals surface area contributed by atoms with Gasteiger partial charge in [-0.25, -0.2) is 9.59 Å². The standard InChI is InChI=1S/C18H25NO5/c1-18(2,3)24-17(22)19-10-6-9-14(15(19)16(20)21)12-7-5-8-13(11-12)23-4/h5,7-8,11,14-15H,6,9-10H2,1-4H3,(H,20,21)/t14-,15-/m1/s1. The predicted molar refractivity (Wildman–Crippen MR) is 89.3 cm³/mol. The minimum absolute atomic E-state index is 0.293. The molecule has 0 radical (unpaired) electrons. The molecule has 2 atom stereocenters. The van der Waals surface area contributed by atoms with E-state index in [2.05, 4.69) is 0 Å². The number of hydrogen-bond donors (Lipinski definition) is 1. The number of methoxy groups -OCH3 is 1. The van der Waals surface area contributed by atoms with E-state index in [1.807, 2.05) is 24.3 Å². The third kappa shape index (κ3) is 4.19. The third-order valence-electron chi connectivity index (χ3n) is 4.03. The van der Waals surface area contributed by atoms with E-state index in [-0.39, 0.29) is 5.92 Å². The highest BCUT2D eigenvalue weighted by molar-refractivity contribution is 5.81. The molecule has 1 aliphatic rings. The average molecular weight is 335 g/mol. The summed E-state index contributed by atoms with van der Waals surface area (Å²) in [7, 11) is 1.57. The number of carbonyl (C=O) groups is 2. The number of carbonyl (C=O) groups excluding carboxylic acids is 1. The molecule has 0 saturated carbocycles. The lowest BCUT2D eigenvalue weighted by atomic mass is 9.83. The van der Waals surface area contributed by atoms with Crippen LogP contribution in [0.15, 0.2) is 24.3 Å². The molecule has 132 valence electrons. The number of ether oxygens (including phenoxy) is 2. The van der Waals surface area contributed by atoms with E-state index in [1.54, 1.807) is 27.9 Å². The van der Waals surface area contributed by atoms with Gasteiger partial charge in [-0.05, 0) is 51.3 Å². The van der Waals surface area contributed by atoms with Crippen LogP contribution in [0, 0.1) is 0 Å². The van der Waals surface area contributed by atoms with Gasteiger partial charge in [0.25, 0.3) is 0 Å². The molecule has 1 aromatic rings. The van der Waals surface area contributed by atoms with Crippen molar-refractivity contribution in [2.24, 2.45) is 0 Å². The summed E-state index contributed by atoms with van der Waals surface area (Å²) in [6.07, 6.45) is 0.844. The van der Waals surface area contributed by atoms with Crippen molar-refractivity contribution in [2.45, 2.75) is 51.2 Å². The lowest BCUT2D eigenvalue weighted by molar-refractivity contribution is -0.145. The zero-order valence-electron chi connectivity index (χ0n) is 14.6. The van der Waals surface area contributed by atoms with Gasteiger partial charge in [-0.1, -0.05) is 12.1 Å². The highest BCUT2D eigenvalue weighted by atomic mass is 16.6. The van der Waals surface area contributed by atoms with Gasteiger partial charge in [0.05, 0.1) is 7.11 Å². The molecule has 24 heavy (non-hydrogen) atoms. The van der Waals surface area contributed by atoms with Gasteiger partial charge in [-0.2, -0.15) is 0 Å². The fourth-order valence-electron chi connectivity index (χ4n) is 3.05. The normalized spacial score (nSPS) is 21.2. The Morgan fingerprint density at radius 2 is 2.00 bits per heavy atom. The minimum atomic E-state index is -1.02. The molecular weight excluding hydrogens is 310 g/mol. The molecule has 0 aromatic heterocycles. The quantitative estimate of drug-likeness (QED) is 0.917. The molecule has 0 spiro atoms. The molecule has 2 rings (SSSR count). The predicted octanol–water partition coefficient (Wildman–Crippen LogP) is 3.26. The van der Waals surface area contributed by atoms with Crippen molar-refractivity contribution in [3.8, 4) is 5.75 Å². The van der Waals surface area contributed by atoms with Crippen LogP contribution in [0.4, 0.5) is 4.79 Å². The highest BCUT2D eigenvalue weighted by Crippen LogP contribution is 2.35. The largest absolute Gasteiger partial charge is 0.497 e. The summed E-state index contributed by atoms with van der Waals surface area (Å²) in [6, 6.07) is 6.41.